The fourth-order valence-corrected chi connectivity index (χ4v) is 2.36. The van der Waals surface area contributed by atoms with Crippen LogP contribution in [-0.4, -0.2) is 36.7 Å². The molecule has 1 rings (SSSR count). The fraction of sp³-hybridized carbons (Fsp3) is 0.923. The predicted octanol–water partition coefficient (Wildman–Crippen LogP) is 2.23. The van der Waals surface area contributed by atoms with Gasteiger partial charge in [-0.05, 0) is 58.4 Å². The lowest BCUT2D eigenvalue weighted by Crippen LogP contribution is -2.36. The highest BCUT2D eigenvalue weighted by molar-refractivity contribution is 5.67. The monoisotopic (exact) mass is 242 g/mol. The van der Waals surface area contributed by atoms with E-state index in [0.29, 0.717) is 11.8 Å². The zero-order valence-electron chi connectivity index (χ0n) is 11.5. The van der Waals surface area contributed by atoms with Gasteiger partial charge in [0.25, 0.3) is 0 Å². The van der Waals surface area contributed by atoms with Crippen LogP contribution in [0.1, 0.15) is 40.0 Å². The van der Waals surface area contributed by atoms with E-state index in [2.05, 4.69) is 0 Å². The molecule has 1 amide bonds. The average molecular weight is 242 g/mol. The number of ether oxygens (including phenoxy) is 1. The standard InChI is InChI=1S/C13H26N2O2/c1-13(2,3)17-12(16)15(4)9-11-6-5-10(7-11)8-14/h10-11H,5-9,14H2,1-4H3. The first kappa shape index (κ1) is 14.3. The van der Waals surface area contributed by atoms with Crippen LogP contribution < -0.4 is 5.73 Å². The molecule has 4 heteroatoms. The minimum atomic E-state index is -0.416. The summed E-state index contributed by atoms with van der Waals surface area (Å²) in [5.74, 6) is 1.23. The van der Waals surface area contributed by atoms with E-state index in [9.17, 15) is 4.79 Å². The van der Waals surface area contributed by atoms with E-state index in [1.807, 2.05) is 27.8 Å². The molecule has 0 spiro atoms. The molecular weight excluding hydrogens is 216 g/mol. The summed E-state index contributed by atoms with van der Waals surface area (Å²) < 4.78 is 5.33. The van der Waals surface area contributed by atoms with Crippen LogP contribution in [0.25, 0.3) is 0 Å². The lowest BCUT2D eigenvalue weighted by molar-refractivity contribution is 0.0273. The Morgan fingerprint density at radius 1 is 1.35 bits per heavy atom. The number of nitrogens with zero attached hydrogens (tertiary/aromatic N) is 1. The molecule has 0 aromatic carbocycles. The second-order valence-electron chi connectivity index (χ2n) is 6.14. The van der Waals surface area contributed by atoms with Crippen molar-refractivity contribution in [3.05, 3.63) is 0 Å². The van der Waals surface area contributed by atoms with Gasteiger partial charge in [-0.1, -0.05) is 0 Å². The molecule has 2 N–H and O–H groups in total. The summed E-state index contributed by atoms with van der Waals surface area (Å²) in [4.78, 5) is 13.5. The third-order valence-corrected chi connectivity index (χ3v) is 3.22. The highest BCUT2D eigenvalue weighted by Gasteiger charge is 2.27. The second-order valence-corrected chi connectivity index (χ2v) is 6.14. The van der Waals surface area contributed by atoms with E-state index < -0.39 is 5.60 Å². The average Bonchev–Trinajstić information content (AvgIpc) is 2.62. The SMILES string of the molecule is CN(CC1CCC(CN)C1)C(=O)OC(C)(C)C. The van der Waals surface area contributed by atoms with Crippen LogP contribution in [-0.2, 0) is 4.74 Å². The molecule has 0 radical (unpaired) electrons. The first-order valence-corrected chi connectivity index (χ1v) is 6.46. The second kappa shape index (κ2) is 5.71. The Morgan fingerprint density at radius 3 is 2.41 bits per heavy atom. The summed E-state index contributed by atoms with van der Waals surface area (Å²) in [5.41, 5.74) is 5.25. The lowest BCUT2D eigenvalue weighted by atomic mass is 10.1. The van der Waals surface area contributed by atoms with E-state index in [-0.39, 0.29) is 6.09 Å². The minimum absolute atomic E-state index is 0.228. The van der Waals surface area contributed by atoms with Crippen molar-refractivity contribution >= 4 is 6.09 Å². The van der Waals surface area contributed by atoms with Crippen LogP contribution in [0.3, 0.4) is 0 Å². The maximum absolute atomic E-state index is 11.8. The molecule has 17 heavy (non-hydrogen) atoms. The summed E-state index contributed by atoms with van der Waals surface area (Å²) in [6, 6.07) is 0. The number of rotatable bonds is 3. The van der Waals surface area contributed by atoms with Crippen molar-refractivity contribution in [3.8, 4) is 0 Å². The molecule has 100 valence electrons. The largest absolute Gasteiger partial charge is 0.444 e. The van der Waals surface area contributed by atoms with Crippen molar-refractivity contribution in [2.45, 2.75) is 45.6 Å². The van der Waals surface area contributed by atoms with Crippen LogP contribution in [0.15, 0.2) is 0 Å². The van der Waals surface area contributed by atoms with E-state index in [4.69, 9.17) is 10.5 Å². The molecule has 0 aromatic rings. The summed E-state index contributed by atoms with van der Waals surface area (Å²) in [6.45, 7) is 7.22. The maximum Gasteiger partial charge on any atom is 0.410 e. The molecule has 1 aliphatic rings. The zero-order valence-corrected chi connectivity index (χ0v) is 11.5. The smallest absolute Gasteiger partial charge is 0.410 e. The fourth-order valence-electron chi connectivity index (χ4n) is 2.36. The topological polar surface area (TPSA) is 55.6 Å². The Hall–Kier alpha value is -0.770. The van der Waals surface area contributed by atoms with E-state index >= 15 is 0 Å². The minimum Gasteiger partial charge on any atom is -0.444 e. The van der Waals surface area contributed by atoms with Crippen molar-refractivity contribution in [1.82, 2.24) is 4.90 Å². The molecule has 0 aliphatic heterocycles. The van der Waals surface area contributed by atoms with Gasteiger partial charge in [0.15, 0.2) is 0 Å². The number of hydrogen-bond acceptors (Lipinski definition) is 3. The van der Waals surface area contributed by atoms with Gasteiger partial charge in [0.1, 0.15) is 5.60 Å². The molecule has 1 saturated carbocycles. The Bertz CT molecular complexity index is 261. The Morgan fingerprint density at radius 2 is 1.94 bits per heavy atom. The van der Waals surface area contributed by atoms with Crippen molar-refractivity contribution in [2.24, 2.45) is 17.6 Å². The van der Waals surface area contributed by atoms with E-state index in [1.165, 1.54) is 12.8 Å². The molecule has 1 fully saturated rings. The third-order valence-electron chi connectivity index (χ3n) is 3.22. The van der Waals surface area contributed by atoms with E-state index in [1.54, 1.807) is 4.90 Å². The summed E-state index contributed by atoms with van der Waals surface area (Å²) in [5, 5.41) is 0. The maximum atomic E-state index is 11.8. The van der Waals surface area contributed by atoms with Crippen molar-refractivity contribution in [2.75, 3.05) is 20.1 Å². The molecule has 0 heterocycles. The van der Waals surface area contributed by atoms with Crippen LogP contribution >= 0.6 is 0 Å². The number of carbonyl (C=O) groups is 1. The van der Waals surface area contributed by atoms with Crippen LogP contribution in [0.4, 0.5) is 4.79 Å². The molecule has 0 saturated heterocycles. The van der Waals surface area contributed by atoms with Crippen molar-refractivity contribution in [3.63, 3.8) is 0 Å². The van der Waals surface area contributed by atoms with Crippen molar-refractivity contribution < 1.29 is 9.53 Å². The molecule has 4 nitrogen and oxygen atoms in total. The lowest BCUT2D eigenvalue weighted by Gasteiger charge is -2.26. The normalized spacial score (nSPS) is 24.8. The molecule has 0 aromatic heterocycles. The first-order chi connectivity index (χ1) is 7.81. The summed E-state index contributed by atoms with van der Waals surface area (Å²) in [6.07, 6.45) is 3.29. The van der Waals surface area contributed by atoms with E-state index in [0.717, 1.165) is 19.5 Å². The van der Waals surface area contributed by atoms with Crippen molar-refractivity contribution in [1.29, 1.82) is 0 Å². The zero-order chi connectivity index (χ0) is 13.1. The third kappa shape index (κ3) is 4.94. The number of amides is 1. The predicted molar refractivity (Wildman–Crippen MR) is 68.7 cm³/mol. The number of nitrogens with two attached hydrogens (primary N) is 1. The van der Waals surface area contributed by atoms with Crippen LogP contribution in [0, 0.1) is 11.8 Å². The van der Waals surface area contributed by atoms with Gasteiger partial charge in [-0.3, -0.25) is 0 Å². The molecule has 2 atom stereocenters. The van der Waals surface area contributed by atoms with Crippen LogP contribution in [0.2, 0.25) is 0 Å². The first-order valence-electron chi connectivity index (χ1n) is 6.46. The quantitative estimate of drug-likeness (QED) is 0.825. The Labute approximate surface area is 104 Å². The molecule has 1 aliphatic carbocycles. The van der Waals surface area contributed by atoms with Crippen LogP contribution in [0.5, 0.6) is 0 Å². The van der Waals surface area contributed by atoms with Gasteiger partial charge < -0.3 is 15.4 Å². The van der Waals surface area contributed by atoms with Gasteiger partial charge in [0.2, 0.25) is 0 Å². The Balaban J connectivity index is 2.34. The van der Waals surface area contributed by atoms with Gasteiger partial charge in [-0.25, -0.2) is 4.79 Å². The highest BCUT2D eigenvalue weighted by Crippen LogP contribution is 2.30. The van der Waals surface area contributed by atoms with Gasteiger partial charge >= 0.3 is 6.09 Å². The van der Waals surface area contributed by atoms with Gasteiger partial charge in [-0.15, -0.1) is 0 Å². The van der Waals surface area contributed by atoms with Gasteiger partial charge in [0, 0.05) is 13.6 Å². The summed E-state index contributed by atoms with van der Waals surface area (Å²) in [7, 11) is 1.81. The van der Waals surface area contributed by atoms with Gasteiger partial charge in [0.05, 0.1) is 0 Å². The number of hydrogen-bond donors (Lipinski definition) is 1. The summed E-state index contributed by atoms with van der Waals surface area (Å²) >= 11 is 0. The molecule has 2 unspecified atom stereocenters. The molecular formula is C13H26N2O2. The Kier molecular flexibility index (Phi) is 4.80. The molecule has 0 bridgehead atoms. The number of carbonyl (C=O) groups excluding carboxylic acids is 1. The highest BCUT2D eigenvalue weighted by atomic mass is 16.6. The van der Waals surface area contributed by atoms with Gasteiger partial charge in [-0.2, -0.15) is 0 Å².